The molecule has 0 bridgehead atoms. The molecular weight excluding hydrogens is 168 g/mol. The van der Waals surface area contributed by atoms with Gasteiger partial charge in [-0.05, 0) is 18.4 Å². The highest BCUT2D eigenvalue weighted by Crippen LogP contribution is 2.27. The fourth-order valence-corrected chi connectivity index (χ4v) is 1.23. The molecule has 0 aliphatic heterocycles. The van der Waals surface area contributed by atoms with Crippen molar-refractivity contribution in [2.45, 2.75) is 12.8 Å². The van der Waals surface area contributed by atoms with E-state index in [2.05, 4.69) is 54.6 Å². The summed E-state index contributed by atoms with van der Waals surface area (Å²) in [7, 11) is 0. The highest BCUT2D eigenvalue weighted by Gasteiger charge is 2.07. The maximum absolute atomic E-state index is 2.20. The van der Waals surface area contributed by atoms with E-state index in [9.17, 15) is 0 Å². The van der Waals surface area contributed by atoms with Crippen molar-refractivity contribution in [1.82, 2.24) is 0 Å². The van der Waals surface area contributed by atoms with Crippen molar-refractivity contribution < 1.29 is 0 Å². The summed E-state index contributed by atoms with van der Waals surface area (Å²) in [6, 6.07) is 10.3. The van der Waals surface area contributed by atoms with Crippen molar-refractivity contribution >= 4 is 6.08 Å². The largest absolute Gasteiger partial charge is 0.0696 e. The zero-order chi connectivity index (χ0) is 9.64. The Balaban J connectivity index is 1.88. The molecule has 1 aliphatic rings. The summed E-state index contributed by atoms with van der Waals surface area (Å²) >= 11 is 0. The summed E-state index contributed by atoms with van der Waals surface area (Å²) in [4.78, 5) is 0. The quantitative estimate of drug-likeness (QED) is 0.620. The van der Waals surface area contributed by atoms with Gasteiger partial charge in [0.1, 0.15) is 0 Å². The Hall–Kier alpha value is -1.56. The molecule has 0 N–H and O–H groups in total. The van der Waals surface area contributed by atoms with Crippen LogP contribution in [0.1, 0.15) is 18.4 Å². The van der Waals surface area contributed by atoms with Crippen LogP contribution < -0.4 is 0 Å². The van der Waals surface area contributed by atoms with Crippen molar-refractivity contribution in [1.29, 1.82) is 0 Å². The van der Waals surface area contributed by atoms with Gasteiger partial charge < -0.3 is 0 Å². The van der Waals surface area contributed by atoms with Crippen LogP contribution >= 0.6 is 0 Å². The number of rotatable bonds is 3. The van der Waals surface area contributed by atoms with Gasteiger partial charge in [-0.15, -0.1) is 0 Å². The van der Waals surface area contributed by atoms with Crippen molar-refractivity contribution in [3.8, 4) is 0 Å². The van der Waals surface area contributed by atoms with E-state index in [1.54, 1.807) is 5.57 Å². The predicted molar refractivity (Wildman–Crippen MR) is 61.9 cm³/mol. The number of hydrogen-bond acceptors (Lipinski definition) is 0. The number of benzene rings is 1. The second-order valence-electron chi connectivity index (χ2n) is 3.48. The van der Waals surface area contributed by atoms with E-state index in [4.69, 9.17) is 0 Å². The molecule has 70 valence electrons. The molecule has 1 saturated carbocycles. The minimum absolute atomic E-state index is 1.25. The molecule has 0 amide bonds. The summed E-state index contributed by atoms with van der Waals surface area (Å²) in [5.74, 6) is 0. The van der Waals surface area contributed by atoms with Gasteiger partial charge in [0.15, 0.2) is 0 Å². The van der Waals surface area contributed by atoms with E-state index in [-0.39, 0.29) is 0 Å². The predicted octanol–water partition coefficient (Wildman–Crippen LogP) is 3.98. The van der Waals surface area contributed by atoms with E-state index >= 15 is 0 Å². The Morgan fingerprint density at radius 2 is 1.64 bits per heavy atom. The third kappa shape index (κ3) is 3.06. The summed E-state index contributed by atoms with van der Waals surface area (Å²) in [6.07, 6.45) is 13.2. The molecule has 0 heterocycles. The molecule has 14 heavy (non-hydrogen) atoms. The lowest BCUT2D eigenvalue weighted by molar-refractivity contribution is 1.50. The maximum atomic E-state index is 2.20. The van der Waals surface area contributed by atoms with Crippen molar-refractivity contribution in [2.24, 2.45) is 0 Å². The van der Waals surface area contributed by atoms with Gasteiger partial charge in [-0.1, -0.05) is 66.3 Å². The molecule has 0 spiro atoms. The van der Waals surface area contributed by atoms with Crippen LogP contribution in [0.25, 0.3) is 6.08 Å². The summed E-state index contributed by atoms with van der Waals surface area (Å²) in [6.45, 7) is 0. The van der Waals surface area contributed by atoms with Crippen LogP contribution in [0.15, 0.2) is 60.2 Å². The summed E-state index contributed by atoms with van der Waals surface area (Å²) < 4.78 is 0. The van der Waals surface area contributed by atoms with Gasteiger partial charge in [0.25, 0.3) is 0 Å². The molecule has 0 saturated heterocycles. The Bertz CT molecular complexity index is 360. The summed E-state index contributed by atoms with van der Waals surface area (Å²) in [5.41, 5.74) is 2.81. The first-order chi connectivity index (χ1) is 6.95. The van der Waals surface area contributed by atoms with E-state index in [1.165, 1.54) is 18.4 Å². The molecular formula is C14H14. The van der Waals surface area contributed by atoms with E-state index in [0.717, 1.165) is 0 Å². The highest BCUT2D eigenvalue weighted by molar-refractivity contribution is 5.50. The van der Waals surface area contributed by atoms with Crippen molar-refractivity contribution in [3.05, 3.63) is 65.8 Å². The fourth-order valence-electron chi connectivity index (χ4n) is 1.23. The fraction of sp³-hybridized carbons (Fsp3) is 0.143. The molecule has 0 atom stereocenters. The SMILES string of the molecule is C(=CC=C1CC1)C=Cc1ccccc1. The standard InChI is InChI=1S/C14H14/c1-3-7-13(8-4-1)9-5-2-6-10-14-11-12-14/h1-10H,11-12H2. The van der Waals surface area contributed by atoms with E-state index in [1.807, 2.05) is 6.07 Å². The van der Waals surface area contributed by atoms with Gasteiger partial charge in [-0.2, -0.15) is 0 Å². The van der Waals surface area contributed by atoms with Crippen LogP contribution in [0.5, 0.6) is 0 Å². The van der Waals surface area contributed by atoms with Crippen molar-refractivity contribution in [3.63, 3.8) is 0 Å². The molecule has 1 aliphatic carbocycles. The molecule has 0 heteroatoms. The average molecular weight is 182 g/mol. The monoisotopic (exact) mass is 182 g/mol. The first-order valence-electron chi connectivity index (χ1n) is 5.03. The lowest BCUT2D eigenvalue weighted by Gasteiger charge is -1.87. The highest BCUT2D eigenvalue weighted by atomic mass is 14.1. The molecule has 2 rings (SSSR count). The van der Waals surface area contributed by atoms with Crippen LogP contribution in [-0.4, -0.2) is 0 Å². The molecule has 0 unspecified atom stereocenters. The van der Waals surface area contributed by atoms with Gasteiger partial charge in [0, 0.05) is 0 Å². The smallest absolute Gasteiger partial charge is 0.0257 e. The van der Waals surface area contributed by atoms with Crippen LogP contribution in [-0.2, 0) is 0 Å². The lowest BCUT2D eigenvalue weighted by Crippen LogP contribution is -1.66. The van der Waals surface area contributed by atoms with Gasteiger partial charge in [-0.25, -0.2) is 0 Å². The van der Waals surface area contributed by atoms with Crippen LogP contribution in [0, 0.1) is 0 Å². The molecule has 1 aromatic carbocycles. The minimum atomic E-state index is 1.25. The third-order valence-electron chi connectivity index (χ3n) is 2.18. The second-order valence-corrected chi connectivity index (χ2v) is 3.48. The number of hydrogen-bond donors (Lipinski definition) is 0. The molecule has 0 nitrogen and oxygen atoms in total. The number of allylic oxidation sites excluding steroid dienone is 5. The van der Waals surface area contributed by atoms with Crippen molar-refractivity contribution in [2.75, 3.05) is 0 Å². The second kappa shape index (κ2) is 4.61. The maximum Gasteiger partial charge on any atom is -0.0257 e. The van der Waals surface area contributed by atoms with E-state index < -0.39 is 0 Å². The molecule has 0 radical (unpaired) electrons. The Kier molecular flexibility index (Phi) is 2.97. The lowest BCUT2D eigenvalue weighted by atomic mass is 10.2. The van der Waals surface area contributed by atoms with Gasteiger partial charge in [-0.3, -0.25) is 0 Å². The summed E-state index contributed by atoms with van der Waals surface area (Å²) in [5, 5.41) is 0. The van der Waals surface area contributed by atoms with Crippen LogP contribution in [0.2, 0.25) is 0 Å². The first-order valence-corrected chi connectivity index (χ1v) is 5.03. The van der Waals surface area contributed by atoms with Gasteiger partial charge in [0.05, 0.1) is 0 Å². The Morgan fingerprint density at radius 3 is 2.36 bits per heavy atom. The van der Waals surface area contributed by atoms with E-state index in [0.29, 0.717) is 0 Å². The van der Waals surface area contributed by atoms with Crippen LogP contribution in [0.3, 0.4) is 0 Å². The van der Waals surface area contributed by atoms with Crippen LogP contribution in [0.4, 0.5) is 0 Å². The zero-order valence-corrected chi connectivity index (χ0v) is 8.19. The Labute approximate surface area is 85.3 Å². The van der Waals surface area contributed by atoms with Gasteiger partial charge in [0.2, 0.25) is 0 Å². The minimum Gasteiger partial charge on any atom is -0.0696 e. The topological polar surface area (TPSA) is 0 Å². The molecule has 1 fully saturated rings. The third-order valence-corrected chi connectivity index (χ3v) is 2.18. The normalized spacial score (nSPS) is 15.3. The molecule has 0 aromatic heterocycles. The zero-order valence-electron chi connectivity index (χ0n) is 8.19. The first kappa shape index (κ1) is 9.01. The Morgan fingerprint density at radius 1 is 0.857 bits per heavy atom. The van der Waals surface area contributed by atoms with Gasteiger partial charge >= 0.3 is 0 Å². The average Bonchev–Trinajstić information content (AvgIpc) is 3.03. The molecule has 1 aromatic rings.